The fourth-order valence-electron chi connectivity index (χ4n) is 6.69. The Bertz CT molecular complexity index is 1460. The number of aryl methyl sites for hydroxylation is 1. The van der Waals surface area contributed by atoms with Gasteiger partial charge in [0, 0.05) is 39.1 Å². The molecular weight excluding hydrogens is 587 g/mol. The van der Waals surface area contributed by atoms with Crippen molar-refractivity contribution in [2.75, 3.05) is 26.7 Å². The van der Waals surface area contributed by atoms with Gasteiger partial charge in [-0.05, 0) is 78.8 Å². The highest BCUT2D eigenvalue weighted by Gasteiger charge is 2.47. The smallest absolute Gasteiger partial charge is 0.321 e. The van der Waals surface area contributed by atoms with E-state index in [2.05, 4.69) is 4.90 Å². The third-order valence-electron chi connectivity index (χ3n) is 9.07. The molecule has 0 aliphatic carbocycles. The fraction of sp³-hybridized carbons (Fsp3) is 0.424. The van der Waals surface area contributed by atoms with Crippen LogP contribution in [0.4, 0.5) is 35.5 Å². The van der Waals surface area contributed by atoms with Crippen LogP contribution in [0.1, 0.15) is 58.8 Å². The van der Waals surface area contributed by atoms with Gasteiger partial charge >= 0.3 is 18.4 Å². The van der Waals surface area contributed by atoms with Crippen LogP contribution < -0.4 is 0 Å². The first-order chi connectivity index (χ1) is 20.6. The van der Waals surface area contributed by atoms with Crippen LogP contribution in [0, 0.1) is 24.6 Å². The van der Waals surface area contributed by atoms with Gasteiger partial charge in [0.1, 0.15) is 5.82 Å². The standard InChI is InChI=1S/C33H34F7N3O/c1-20-13-27(34)9-10-28(20)30-29-19-42(17-22-7-5-4-6-8-22)18-23(29)11-12-43(30)31(44)41(3)21(2)24-14-25(32(35,36)37)16-26(15-24)33(38,39)40/h4-10,13-16,21,23,29-30H,11-12,17-19H2,1-3H3/t21-,23-,29-,30+/m1/s1. The van der Waals surface area contributed by atoms with E-state index in [1.54, 1.807) is 17.9 Å². The summed E-state index contributed by atoms with van der Waals surface area (Å²) in [6, 6.07) is 13.8. The quantitative estimate of drug-likeness (QED) is 0.267. The van der Waals surface area contributed by atoms with E-state index < -0.39 is 47.4 Å². The molecule has 0 radical (unpaired) electrons. The molecule has 0 aromatic heterocycles. The van der Waals surface area contributed by atoms with Crippen LogP contribution in [-0.2, 0) is 18.9 Å². The number of rotatable bonds is 5. The molecular formula is C33H34F7N3O. The monoisotopic (exact) mass is 621 g/mol. The van der Waals surface area contributed by atoms with Crippen molar-refractivity contribution in [1.29, 1.82) is 0 Å². The van der Waals surface area contributed by atoms with Crippen LogP contribution in [0.15, 0.2) is 66.7 Å². The SMILES string of the molecule is Cc1cc(F)ccc1[C@H]1[C@@H]2CN(Cc3ccccc3)C[C@H]2CCN1C(=O)N(C)[C@H](C)c1cc(C(F)(F)F)cc(C(F)(F)F)c1. The second kappa shape index (κ2) is 12.1. The van der Waals surface area contributed by atoms with E-state index in [1.165, 1.54) is 31.0 Å². The van der Waals surface area contributed by atoms with Crippen LogP contribution in [-0.4, -0.2) is 47.4 Å². The molecule has 0 unspecified atom stereocenters. The van der Waals surface area contributed by atoms with Gasteiger partial charge in [-0.3, -0.25) is 4.90 Å². The predicted octanol–water partition coefficient (Wildman–Crippen LogP) is 8.48. The molecule has 0 bridgehead atoms. The van der Waals surface area contributed by atoms with Gasteiger partial charge in [-0.15, -0.1) is 0 Å². The van der Waals surface area contributed by atoms with Crippen molar-refractivity contribution in [3.63, 3.8) is 0 Å². The molecule has 236 valence electrons. The number of carbonyl (C=O) groups is 1. The van der Waals surface area contributed by atoms with E-state index in [4.69, 9.17) is 0 Å². The largest absolute Gasteiger partial charge is 0.416 e. The Morgan fingerprint density at radius 3 is 2.16 bits per heavy atom. The first-order valence-corrected chi connectivity index (χ1v) is 14.5. The van der Waals surface area contributed by atoms with Gasteiger partial charge in [-0.1, -0.05) is 36.4 Å². The minimum Gasteiger partial charge on any atom is -0.321 e. The number of hydrogen-bond donors (Lipinski definition) is 0. The van der Waals surface area contributed by atoms with Crippen molar-refractivity contribution in [3.05, 3.63) is 106 Å². The minimum absolute atomic E-state index is 0.00494. The maximum atomic E-state index is 14.1. The molecule has 2 fully saturated rings. The van der Waals surface area contributed by atoms with Gasteiger partial charge in [0.2, 0.25) is 0 Å². The summed E-state index contributed by atoms with van der Waals surface area (Å²) in [6.45, 7) is 5.74. The van der Waals surface area contributed by atoms with Crippen molar-refractivity contribution >= 4 is 6.03 Å². The van der Waals surface area contributed by atoms with Gasteiger partial charge < -0.3 is 9.80 Å². The van der Waals surface area contributed by atoms with E-state index in [9.17, 15) is 35.5 Å². The Balaban J connectivity index is 1.46. The summed E-state index contributed by atoms with van der Waals surface area (Å²) < 4.78 is 95.5. The molecule has 4 atom stereocenters. The second-order valence-electron chi connectivity index (χ2n) is 11.9. The van der Waals surface area contributed by atoms with Crippen LogP contribution in [0.3, 0.4) is 0 Å². The molecule has 5 rings (SSSR count). The number of likely N-dealkylation sites (tertiary alicyclic amines) is 2. The van der Waals surface area contributed by atoms with Crippen LogP contribution in [0.5, 0.6) is 0 Å². The lowest BCUT2D eigenvalue weighted by molar-refractivity contribution is -0.143. The highest BCUT2D eigenvalue weighted by atomic mass is 19.4. The molecule has 0 saturated carbocycles. The average Bonchev–Trinajstić information content (AvgIpc) is 3.37. The van der Waals surface area contributed by atoms with Crippen LogP contribution >= 0.6 is 0 Å². The molecule has 11 heteroatoms. The summed E-state index contributed by atoms with van der Waals surface area (Å²) in [6.07, 6.45) is -9.32. The summed E-state index contributed by atoms with van der Waals surface area (Å²) in [5, 5.41) is 0. The lowest BCUT2D eigenvalue weighted by Gasteiger charge is -2.45. The Morgan fingerprint density at radius 1 is 0.932 bits per heavy atom. The van der Waals surface area contributed by atoms with Gasteiger partial charge in [-0.2, -0.15) is 26.3 Å². The van der Waals surface area contributed by atoms with Crippen molar-refractivity contribution in [3.8, 4) is 0 Å². The lowest BCUT2D eigenvalue weighted by atomic mass is 9.78. The van der Waals surface area contributed by atoms with E-state index in [0.717, 1.165) is 24.2 Å². The van der Waals surface area contributed by atoms with E-state index in [0.29, 0.717) is 37.2 Å². The summed E-state index contributed by atoms with van der Waals surface area (Å²) in [5.74, 6) is -0.170. The number of alkyl halides is 6. The Kier molecular flexibility index (Phi) is 8.72. The maximum Gasteiger partial charge on any atom is 0.416 e. The van der Waals surface area contributed by atoms with E-state index >= 15 is 0 Å². The number of benzene rings is 3. The predicted molar refractivity (Wildman–Crippen MR) is 152 cm³/mol. The zero-order chi connectivity index (χ0) is 32.0. The normalized spacial score (nSPS) is 21.7. The fourth-order valence-corrected chi connectivity index (χ4v) is 6.69. The van der Waals surface area contributed by atoms with E-state index in [-0.39, 0.29) is 23.5 Å². The Morgan fingerprint density at radius 2 is 1.57 bits per heavy atom. The number of nitrogens with zero attached hydrogens (tertiary/aromatic N) is 3. The molecule has 2 saturated heterocycles. The number of hydrogen-bond acceptors (Lipinski definition) is 2. The third-order valence-corrected chi connectivity index (χ3v) is 9.07. The molecule has 44 heavy (non-hydrogen) atoms. The number of carbonyl (C=O) groups excluding carboxylic acids is 1. The first kappa shape index (κ1) is 31.8. The van der Waals surface area contributed by atoms with Gasteiger partial charge in [0.05, 0.1) is 23.2 Å². The Hall–Kier alpha value is -3.60. The van der Waals surface area contributed by atoms with E-state index in [1.807, 2.05) is 30.3 Å². The number of urea groups is 1. The first-order valence-electron chi connectivity index (χ1n) is 14.5. The Labute approximate surface area is 252 Å². The van der Waals surface area contributed by atoms with Crippen LogP contribution in [0.25, 0.3) is 0 Å². The highest BCUT2D eigenvalue weighted by molar-refractivity contribution is 5.75. The zero-order valence-corrected chi connectivity index (χ0v) is 24.6. The average molecular weight is 622 g/mol. The molecule has 0 N–H and O–H groups in total. The number of halogens is 7. The van der Waals surface area contributed by atoms with Crippen molar-refractivity contribution in [1.82, 2.24) is 14.7 Å². The molecule has 2 aliphatic heterocycles. The van der Waals surface area contributed by atoms with Crippen molar-refractivity contribution < 1.29 is 35.5 Å². The second-order valence-corrected chi connectivity index (χ2v) is 11.9. The number of piperidine rings is 1. The maximum absolute atomic E-state index is 14.1. The molecule has 2 amide bonds. The zero-order valence-electron chi connectivity index (χ0n) is 24.6. The van der Waals surface area contributed by atoms with Crippen molar-refractivity contribution in [2.24, 2.45) is 11.8 Å². The molecule has 3 aromatic carbocycles. The lowest BCUT2D eigenvalue weighted by Crippen LogP contribution is -2.51. The highest BCUT2D eigenvalue weighted by Crippen LogP contribution is 2.46. The summed E-state index contributed by atoms with van der Waals surface area (Å²) in [4.78, 5) is 19.3. The van der Waals surface area contributed by atoms with Crippen LogP contribution in [0.2, 0.25) is 0 Å². The summed E-state index contributed by atoms with van der Waals surface area (Å²) >= 11 is 0. The molecule has 3 aromatic rings. The summed E-state index contributed by atoms with van der Waals surface area (Å²) in [5.41, 5.74) is -0.544. The van der Waals surface area contributed by atoms with Gasteiger partial charge in [-0.25, -0.2) is 9.18 Å². The molecule has 0 spiro atoms. The van der Waals surface area contributed by atoms with Gasteiger partial charge in [0.25, 0.3) is 0 Å². The third kappa shape index (κ3) is 6.57. The minimum atomic E-state index is -5.00. The molecule has 2 heterocycles. The van der Waals surface area contributed by atoms with Gasteiger partial charge in [0.15, 0.2) is 0 Å². The molecule has 2 aliphatic rings. The molecule has 4 nitrogen and oxygen atoms in total. The number of amides is 2. The number of fused-ring (bicyclic) bond motifs is 1. The topological polar surface area (TPSA) is 26.8 Å². The summed E-state index contributed by atoms with van der Waals surface area (Å²) in [7, 11) is 1.39. The van der Waals surface area contributed by atoms with Crippen molar-refractivity contribution in [2.45, 2.75) is 51.2 Å².